The maximum atomic E-state index is 11.2. The van der Waals surface area contributed by atoms with E-state index in [1.54, 1.807) is 18.2 Å². The standard InChI is InChI=1S/C14H18N2O3/c1-9(2)6-13(14(17)18)16-12-7-11(19-3)5-4-10(12)8-15/h4-5,7,9,13,16H,6H2,1-3H3,(H,17,18). The zero-order valence-corrected chi connectivity index (χ0v) is 11.3. The Bertz CT molecular complexity index is 492. The topological polar surface area (TPSA) is 82.3 Å². The number of nitrogens with one attached hydrogen (secondary N) is 1. The largest absolute Gasteiger partial charge is 0.497 e. The third-order valence-corrected chi connectivity index (χ3v) is 2.68. The monoisotopic (exact) mass is 262 g/mol. The molecule has 0 spiro atoms. The number of ether oxygens (including phenoxy) is 1. The second-order valence-corrected chi connectivity index (χ2v) is 4.69. The lowest BCUT2D eigenvalue weighted by Gasteiger charge is -2.18. The van der Waals surface area contributed by atoms with Gasteiger partial charge >= 0.3 is 5.97 Å². The summed E-state index contributed by atoms with van der Waals surface area (Å²) in [7, 11) is 1.52. The van der Waals surface area contributed by atoms with Crippen molar-refractivity contribution in [2.45, 2.75) is 26.3 Å². The molecule has 102 valence electrons. The zero-order chi connectivity index (χ0) is 14.4. The predicted octanol–water partition coefficient (Wildman–Crippen LogP) is 2.48. The van der Waals surface area contributed by atoms with Crippen LogP contribution in [0, 0.1) is 17.2 Å². The number of aliphatic carboxylic acids is 1. The number of nitrogens with zero attached hydrogens (tertiary/aromatic N) is 1. The lowest BCUT2D eigenvalue weighted by atomic mass is 10.0. The van der Waals surface area contributed by atoms with E-state index in [4.69, 9.17) is 10.00 Å². The molecule has 0 aliphatic heterocycles. The number of hydrogen-bond acceptors (Lipinski definition) is 4. The molecule has 0 saturated carbocycles. The summed E-state index contributed by atoms with van der Waals surface area (Å²) in [4.78, 5) is 11.2. The number of carboxylic acids is 1. The summed E-state index contributed by atoms with van der Waals surface area (Å²) in [5.41, 5.74) is 0.880. The molecule has 1 atom stereocenters. The Morgan fingerprint density at radius 2 is 2.21 bits per heavy atom. The van der Waals surface area contributed by atoms with Gasteiger partial charge in [-0.3, -0.25) is 0 Å². The minimum atomic E-state index is -0.930. The van der Waals surface area contributed by atoms with Crippen molar-refractivity contribution >= 4 is 11.7 Å². The van der Waals surface area contributed by atoms with Gasteiger partial charge in [-0.15, -0.1) is 0 Å². The van der Waals surface area contributed by atoms with Crippen LogP contribution < -0.4 is 10.1 Å². The minimum Gasteiger partial charge on any atom is -0.497 e. The Morgan fingerprint density at radius 3 is 2.68 bits per heavy atom. The number of carbonyl (C=O) groups is 1. The average molecular weight is 262 g/mol. The summed E-state index contributed by atoms with van der Waals surface area (Å²) in [6.07, 6.45) is 0.484. The van der Waals surface area contributed by atoms with Gasteiger partial charge in [0.1, 0.15) is 17.9 Å². The number of benzene rings is 1. The van der Waals surface area contributed by atoms with Crippen molar-refractivity contribution in [2.24, 2.45) is 5.92 Å². The quantitative estimate of drug-likeness (QED) is 0.823. The van der Waals surface area contributed by atoms with Gasteiger partial charge in [0.15, 0.2) is 0 Å². The lowest BCUT2D eigenvalue weighted by molar-refractivity contribution is -0.138. The molecule has 0 radical (unpaired) electrons. The lowest BCUT2D eigenvalue weighted by Crippen LogP contribution is -2.31. The Hall–Kier alpha value is -2.22. The molecular formula is C14H18N2O3. The second kappa shape index (κ2) is 6.64. The van der Waals surface area contributed by atoms with Crippen molar-refractivity contribution in [2.75, 3.05) is 12.4 Å². The predicted molar refractivity (Wildman–Crippen MR) is 72.2 cm³/mol. The highest BCUT2D eigenvalue weighted by Gasteiger charge is 2.20. The summed E-state index contributed by atoms with van der Waals surface area (Å²) >= 11 is 0. The fourth-order valence-electron chi connectivity index (χ4n) is 1.75. The van der Waals surface area contributed by atoms with Crippen molar-refractivity contribution in [3.8, 4) is 11.8 Å². The van der Waals surface area contributed by atoms with Crippen LogP contribution in [0.5, 0.6) is 5.75 Å². The SMILES string of the molecule is COc1ccc(C#N)c(NC(CC(C)C)C(=O)O)c1. The Labute approximate surface area is 112 Å². The smallest absolute Gasteiger partial charge is 0.326 e. The van der Waals surface area contributed by atoms with Crippen LogP contribution in [0.4, 0.5) is 5.69 Å². The summed E-state index contributed by atoms with van der Waals surface area (Å²) in [5.74, 6) is -0.111. The van der Waals surface area contributed by atoms with Crippen LogP contribution in [0.15, 0.2) is 18.2 Å². The van der Waals surface area contributed by atoms with Gasteiger partial charge in [-0.25, -0.2) is 4.79 Å². The maximum absolute atomic E-state index is 11.2. The fraction of sp³-hybridized carbons (Fsp3) is 0.429. The summed E-state index contributed by atoms with van der Waals surface area (Å²) in [6.45, 7) is 3.91. The molecule has 0 saturated heterocycles. The van der Waals surface area contributed by atoms with Gasteiger partial charge in [-0.05, 0) is 24.5 Å². The van der Waals surface area contributed by atoms with Gasteiger partial charge in [0.05, 0.1) is 18.4 Å². The van der Waals surface area contributed by atoms with E-state index in [0.29, 0.717) is 23.4 Å². The van der Waals surface area contributed by atoms with Crippen LogP contribution in [-0.4, -0.2) is 24.2 Å². The summed E-state index contributed by atoms with van der Waals surface area (Å²) in [6, 6.07) is 6.22. The summed E-state index contributed by atoms with van der Waals surface area (Å²) < 4.78 is 5.08. The van der Waals surface area contributed by atoms with Gasteiger partial charge in [0.25, 0.3) is 0 Å². The van der Waals surface area contributed by atoms with E-state index in [1.807, 2.05) is 19.9 Å². The van der Waals surface area contributed by atoms with Crippen molar-refractivity contribution in [1.82, 2.24) is 0 Å². The number of hydrogen-bond donors (Lipinski definition) is 2. The minimum absolute atomic E-state index is 0.241. The van der Waals surface area contributed by atoms with Crippen LogP contribution in [0.1, 0.15) is 25.8 Å². The number of carboxylic acid groups (broad SMARTS) is 1. The molecule has 19 heavy (non-hydrogen) atoms. The van der Waals surface area contributed by atoms with Crippen LogP contribution in [0.2, 0.25) is 0 Å². The highest BCUT2D eigenvalue weighted by Crippen LogP contribution is 2.23. The molecule has 0 aliphatic carbocycles. The number of rotatable bonds is 6. The van der Waals surface area contributed by atoms with Crippen LogP contribution >= 0.6 is 0 Å². The van der Waals surface area contributed by atoms with E-state index in [2.05, 4.69) is 5.32 Å². The zero-order valence-electron chi connectivity index (χ0n) is 11.3. The maximum Gasteiger partial charge on any atom is 0.326 e. The Kier molecular flexibility index (Phi) is 5.19. The van der Waals surface area contributed by atoms with Crippen molar-refractivity contribution in [1.29, 1.82) is 5.26 Å². The highest BCUT2D eigenvalue weighted by molar-refractivity contribution is 5.78. The van der Waals surface area contributed by atoms with E-state index in [9.17, 15) is 9.90 Å². The molecule has 0 aromatic heterocycles. The molecule has 2 N–H and O–H groups in total. The van der Waals surface area contributed by atoms with E-state index < -0.39 is 12.0 Å². The van der Waals surface area contributed by atoms with Crippen LogP contribution in [0.25, 0.3) is 0 Å². The molecule has 0 amide bonds. The van der Waals surface area contributed by atoms with Crippen molar-refractivity contribution in [3.05, 3.63) is 23.8 Å². The van der Waals surface area contributed by atoms with Gasteiger partial charge in [0, 0.05) is 6.07 Å². The first-order valence-corrected chi connectivity index (χ1v) is 6.05. The van der Waals surface area contributed by atoms with E-state index in [-0.39, 0.29) is 5.92 Å². The van der Waals surface area contributed by atoms with Crippen molar-refractivity contribution in [3.63, 3.8) is 0 Å². The van der Waals surface area contributed by atoms with Gasteiger partial charge in [0.2, 0.25) is 0 Å². The van der Waals surface area contributed by atoms with Crippen LogP contribution in [-0.2, 0) is 4.79 Å². The molecule has 5 heteroatoms. The first-order valence-electron chi connectivity index (χ1n) is 6.05. The normalized spacial score (nSPS) is 11.7. The van der Waals surface area contributed by atoms with Gasteiger partial charge < -0.3 is 15.2 Å². The summed E-state index contributed by atoms with van der Waals surface area (Å²) in [5, 5.41) is 21.1. The molecule has 1 aromatic carbocycles. The molecule has 1 unspecified atom stereocenters. The number of anilines is 1. The van der Waals surface area contributed by atoms with Crippen LogP contribution in [0.3, 0.4) is 0 Å². The molecule has 1 aromatic rings. The highest BCUT2D eigenvalue weighted by atomic mass is 16.5. The second-order valence-electron chi connectivity index (χ2n) is 4.69. The number of nitriles is 1. The van der Waals surface area contributed by atoms with E-state index in [0.717, 1.165) is 0 Å². The number of methoxy groups -OCH3 is 1. The average Bonchev–Trinajstić information content (AvgIpc) is 2.37. The van der Waals surface area contributed by atoms with Gasteiger partial charge in [-0.1, -0.05) is 13.8 Å². The molecule has 5 nitrogen and oxygen atoms in total. The third kappa shape index (κ3) is 4.18. The van der Waals surface area contributed by atoms with E-state index >= 15 is 0 Å². The molecule has 0 fully saturated rings. The fourth-order valence-corrected chi connectivity index (χ4v) is 1.75. The van der Waals surface area contributed by atoms with Crippen molar-refractivity contribution < 1.29 is 14.6 Å². The molecular weight excluding hydrogens is 244 g/mol. The molecule has 1 rings (SSSR count). The molecule has 0 bridgehead atoms. The Morgan fingerprint density at radius 1 is 1.53 bits per heavy atom. The first kappa shape index (κ1) is 14.8. The van der Waals surface area contributed by atoms with E-state index in [1.165, 1.54) is 7.11 Å². The third-order valence-electron chi connectivity index (χ3n) is 2.68. The first-order chi connectivity index (χ1) is 8.97. The molecule has 0 heterocycles. The Balaban J connectivity index is 3.01. The molecule has 0 aliphatic rings. The van der Waals surface area contributed by atoms with Gasteiger partial charge in [-0.2, -0.15) is 5.26 Å².